The lowest BCUT2D eigenvalue weighted by Crippen LogP contribution is -2.54. The zero-order valence-electron chi connectivity index (χ0n) is 12.7. The van der Waals surface area contributed by atoms with Crippen molar-refractivity contribution in [3.05, 3.63) is 0 Å². The molecule has 2 nitrogen and oxygen atoms in total. The molecule has 19 heavy (non-hydrogen) atoms. The van der Waals surface area contributed by atoms with E-state index in [1.165, 1.54) is 77.3 Å². The fraction of sp³-hybridized carbons (Fsp3) is 1.00. The van der Waals surface area contributed by atoms with Crippen molar-refractivity contribution in [3.8, 4) is 0 Å². The Morgan fingerprint density at radius 2 is 1.84 bits per heavy atom. The quantitative estimate of drug-likeness (QED) is 0.844. The molecule has 1 aliphatic heterocycles. The Morgan fingerprint density at radius 3 is 2.58 bits per heavy atom. The van der Waals surface area contributed by atoms with Crippen LogP contribution in [0.1, 0.15) is 71.1 Å². The monoisotopic (exact) mass is 264 g/mol. The minimum absolute atomic E-state index is 0.124. The second-order valence-corrected chi connectivity index (χ2v) is 7.79. The first-order valence-corrected chi connectivity index (χ1v) is 8.69. The van der Waals surface area contributed by atoms with E-state index in [9.17, 15) is 0 Å². The summed E-state index contributed by atoms with van der Waals surface area (Å²) in [6.45, 7) is 4.88. The molecule has 0 amide bonds. The third-order valence-electron chi connectivity index (χ3n) is 6.00. The van der Waals surface area contributed by atoms with Crippen molar-refractivity contribution in [2.75, 3.05) is 13.1 Å². The molecule has 0 radical (unpaired) electrons. The Labute approximate surface area is 119 Å². The van der Waals surface area contributed by atoms with E-state index < -0.39 is 0 Å². The van der Waals surface area contributed by atoms with Gasteiger partial charge in [0.15, 0.2) is 0 Å². The predicted molar refractivity (Wildman–Crippen MR) is 81.1 cm³/mol. The summed E-state index contributed by atoms with van der Waals surface area (Å²) in [4.78, 5) is 2.79. The van der Waals surface area contributed by atoms with E-state index in [0.29, 0.717) is 0 Å². The molecule has 0 aromatic heterocycles. The summed E-state index contributed by atoms with van der Waals surface area (Å²) in [5.41, 5.74) is 6.87. The Morgan fingerprint density at radius 1 is 1.05 bits per heavy atom. The van der Waals surface area contributed by atoms with Crippen molar-refractivity contribution in [2.45, 2.75) is 82.7 Å². The van der Waals surface area contributed by atoms with E-state index in [4.69, 9.17) is 5.73 Å². The van der Waals surface area contributed by atoms with Crippen LogP contribution in [0.15, 0.2) is 0 Å². The van der Waals surface area contributed by atoms with Crippen LogP contribution in [0.3, 0.4) is 0 Å². The van der Waals surface area contributed by atoms with Crippen LogP contribution in [0.4, 0.5) is 0 Å². The van der Waals surface area contributed by atoms with Crippen LogP contribution in [0, 0.1) is 11.8 Å². The van der Waals surface area contributed by atoms with Gasteiger partial charge in [-0.1, -0.05) is 32.6 Å². The summed E-state index contributed by atoms with van der Waals surface area (Å²) in [6, 6.07) is 0.875. The molecule has 2 aliphatic carbocycles. The standard InChI is InChI=1S/C17H32N2/c1-14-6-4-10-17(18,12-14)13-19-11-5-9-16(19)15-7-2-3-8-15/h14-16H,2-13,18H2,1H3. The van der Waals surface area contributed by atoms with E-state index in [0.717, 1.165) is 17.9 Å². The van der Waals surface area contributed by atoms with Crippen molar-refractivity contribution >= 4 is 0 Å². The highest BCUT2D eigenvalue weighted by Gasteiger charge is 2.39. The van der Waals surface area contributed by atoms with Gasteiger partial charge in [-0.15, -0.1) is 0 Å². The van der Waals surface area contributed by atoms with Crippen molar-refractivity contribution < 1.29 is 0 Å². The molecule has 0 aromatic rings. The molecule has 2 N–H and O–H groups in total. The SMILES string of the molecule is CC1CCCC(N)(CN2CCCC2C2CCCC2)C1. The van der Waals surface area contributed by atoms with Crippen molar-refractivity contribution in [3.63, 3.8) is 0 Å². The average Bonchev–Trinajstić information content (AvgIpc) is 2.97. The summed E-state index contributed by atoms with van der Waals surface area (Å²) in [6.07, 6.45) is 14.0. The number of hydrogen-bond acceptors (Lipinski definition) is 2. The van der Waals surface area contributed by atoms with Crippen LogP contribution in [0.25, 0.3) is 0 Å². The van der Waals surface area contributed by atoms with Crippen molar-refractivity contribution in [1.29, 1.82) is 0 Å². The second kappa shape index (κ2) is 5.73. The lowest BCUT2D eigenvalue weighted by molar-refractivity contribution is 0.117. The minimum atomic E-state index is 0.124. The van der Waals surface area contributed by atoms with E-state index in [-0.39, 0.29) is 5.54 Å². The van der Waals surface area contributed by atoms with Gasteiger partial charge in [-0.2, -0.15) is 0 Å². The summed E-state index contributed by atoms with van der Waals surface area (Å²) in [5.74, 6) is 1.83. The molecule has 3 atom stereocenters. The number of hydrogen-bond donors (Lipinski definition) is 1. The average molecular weight is 264 g/mol. The Kier molecular flexibility index (Phi) is 4.19. The van der Waals surface area contributed by atoms with Gasteiger partial charge in [-0.05, 0) is 56.9 Å². The molecule has 2 heteroatoms. The van der Waals surface area contributed by atoms with Crippen LogP contribution in [-0.2, 0) is 0 Å². The van der Waals surface area contributed by atoms with E-state index in [1.54, 1.807) is 0 Å². The zero-order valence-corrected chi connectivity index (χ0v) is 12.7. The summed E-state index contributed by atoms with van der Waals surface area (Å²) in [7, 11) is 0. The Balaban J connectivity index is 1.61. The van der Waals surface area contributed by atoms with Crippen LogP contribution >= 0.6 is 0 Å². The molecule has 110 valence electrons. The summed E-state index contributed by atoms with van der Waals surface area (Å²) >= 11 is 0. The molecule has 3 fully saturated rings. The van der Waals surface area contributed by atoms with E-state index in [1.807, 2.05) is 0 Å². The predicted octanol–water partition coefficient (Wildman–Crippen LogP) is 3.55. The Bertz CT molecular complexity index is 298. The molecule has 3 aliphatic rings. The van der Waals surface area contributed by atoms with E-state index in [2.05, 4.69) is 11.8 Å². The summed E-state index contributed by atoms with van der Waals surface area (Å²) < 4.78 is 0. The van der Waals surface area contributed by atoms with Gasteiger partial charge in [-0.25, -0.2) is 0 Å². The maximum absolute atomic E-state index is 6.75. The maximum Gasteiger partial charge on any atom is 0.0286 e. The first-order valence-electron chi connectivity index (χ1n) is 8.69. The fourth-order valence-electron chi connectivity index (χ4n) is 5.17. The minimum Gasteiger partial charge on any atom is -0.324 e. The summed E-state index contributed by atoms with van der Waals surface area (Å²) in [5, 5.41) is 0. The lowest BCUT2D eigenvalue weighted by atomic mass is 9.76. The fourth-order valence-corrected chi connectivity index (χ4v) is 5.17. The van der Waals surface area contributed by atoms with Gasteiger partial charge in [0, 0.05) is 18.1 Å². The van der Waals surface area contributed by atoms with Gasteiger partial charge in [0.25, 0.3) is 0 Å². The highest BCUT2D eigenvalue weighted by Crippen LogP contribution is 2.38. The molecule has 3 rings (SSSR count). The topological polar surface area (TPSA) is 29.3 Å². The molecule has 0 bridgehead atoms. The van der Waals surface area contributed by atoms with Gasteiger partial charge in [0.1, 0.15) is 0 Å². The third-order valence-corrected chi connectivity index (χ3v) is 6.00. The van der Waals surface area contributed by atoms with Crippen LogP contribution in [0.5, 0.6) is 0 Å². The smallest absolute Gasteiger partial charge is 0.0286 e. The highest BCUT2D eigenvalue weighted by atomic mass is 15.2. The number of likely N-dealkylation sites (tertiary alicyclic amines) is 1. The molecule has 1 heterocycles. The third kappa shape index (κ3) is 3.16. The van der Waals surface area contributed by atoms with Crippen LogP contribution < -0.4 is 5.73 Å². The molecule has 1 saturated heterocycles. The molecule has 0 aromatic carbocycles. The van der Waals surface area contributed by atoms with E-state index >= 15 is 0 Å². The highest BCUT2D eigenvalue weighted by molar-refractivity contribution is 4.96. The first kappa shape index (κ1) is 13.9. The van der Waals surface area contributed by atoms with Crippen LogP contribution in [-0.4, -0.2) is 29.6 Å². The molecular formula is C17H32N2. The molecule has 2 saturated carbocycles. The first-order chi connectivity index (χ1) is 9.16. The second-order valence-electron chi connectivity index (χ2n) is 7.79. The lowest BCUT2D eigenvalue weighted by Gasteiger charge is -2.42. The van der Waals surface area contributed by atoms with Gasteiger partial charge in [0.05, 0.1) is 0 Å². The maximum atomic E-state index is 6.75. The molecule has 3 unspecified atom stereocenters. The number of nitrogens with two attached hydrogens (primary N) is 1. The molecule has 0 spiro atoms. The number of nitrogens with zero attached hydrogens (tertiary/aromatic N) is 1. The molecular weight excluding hydrogens is 232 g/mol. The van der Waals surface area contributed by atoms with Gasteiger partial charge in [-0.3, -0.25) is 4.90 Å². The van der Waals surface area contributed by atoms with Crippen LogP contribution in [0.2, 0.25) is 0 Å². The van der Waals surface area contributed by atoms with Crippen molar-refractivity contribution in [1.82, 2.24) is 4.90 Å². The largest absolute Gasteiger partial charge is 0.324 e. The zero-order chi connectivity index (χ0) is 13.3. The van der Waals surface area contributed by atoms with Crippen molar-refractivity contribution in [2.24, 2.45) is 17.6 Å². The number of rotatable bonds is 3. The Hall–Kier alpha value is -0.0800. The van der Waals surface area contributed by atoms with Gasteiger partial charge in [0.2, 0.25) is 0 Å². The normalized spacial score (nSPS) is 42.0. The van der Waals surface area contributed by atoms with Gasteiger partial charge < -0.3 is 5.73 Å². The van der Waals surface area contributed by atoms with Gasteiger partial charge >= 0.3 is 0 Å².